The van der Waals surface area contributed by atoms with Crippen molar-refractivity contribution in [1.29, 1.82) is 0 Å². The molecule has 3 N–H and O–H groups in total. The molecule has 1 aromatic rings. The van der Waals surface area contributed by atoms with E-state index in [-0.39, 0.29) is 10.3 Å². The molecule has 4 nitrogen and oxygen atoms in total. The molecule has 18 heavy (non-hydrogen) atoms. The van der Waals surface area contributed by atoms with Crippen molar-refractivity contribution in [3.05, 3.63) is 24.3 Å². The van der Waals surface area contributed by atoms with Gasteiger partial charge in [-0.05, 0) is 55.2 Å². The molecule has 1 aromatic carbocycles. The van der Waals surface area contributed by atoms with Crippen molar-refractivity contribution in [3.63, 3.8) is 0 Å². The second-order valence-corrected chi connectivity index (χ2v) is 7.30. The maximum Gasteiger partial charge on any atom is 0.240 e. The van der Waals surface area contributed by atoms with Crippen LogP contribution in [-0.4, -0.2) is 15.0 Å². The highest BCUT2D eigenvalue weighted by Crippen LogP contribution is 2.60. The number of hydrogen-bond donors (Lipinski definition) is 2. The van der Waals surface area contributed by atoms with Crippen molar-refractivity contribution in [1.82, 2.24) is 4.72 Å². The number of benzene rings is 1. The molecule has 0 bridgehead atoms. The van der Waals surface area contributed by atoms with Gasteiger partial charge in [-0.25, -0.2) is 13.1 Å². The van der Waals surface area contributed by atoms with Crippen molar-refractivity contribution in [2.75, 3.05) is 12.3 Å². The van der Waals surface area contributed by atoms with Crippen molar-refractivity contribution in [2.45, 2.75) is 30.6 Å². The molecule has 0 radical (unpaired) electrons. The van der Waals surface area contributed by atoms with E-state index in [4.69, 9.17) is 5.73 Å². The minimum Gasteiger partial charge on any atom is -0.399 e. The fourth-order valence-electron chi connectivity index (χ4n) is 2.59. The van der Waals surface area contributed by atoms with Gasteiger partial charge in [0.1, 0.15) is 0 Å². The molecule has 5 heteroatoms. The Balaban J connectivity index is 1.71. The van der Waals surface area contributed by atoms with E-state index >= 15 is 0 Å². The lowest BCUT2D eigenvalue weighted by atomic mass is 10.0. The van der Waals surface area contributed by atoms with Gasteiger partial charge in [-0.2, -0.15) is 0 Å². The van der Waals surface area contributed by atoms with Crippen LogP contribution in [-0.2, 0) is 10.0 Å². The third-order valence-electron chi connectivity index (χ3n) is 4.12. The smallest absolute Gasteiger partial charge is 0.240 e. The predicted octanol–water partition coefficient (Wildman–Crippen LogP) is 1.74. The van der Waals surface area contributed by atoms with Gasteiger partial charge < -0.3 is 5.73 Å². The first-order chi connectivity index (χ1) is 8.52. The molecule has 3 rings (SSSR count). The minimum atomic E-state index is -3.41. The normalized spacial score (nSPS) is 21.8. The molecular weight excluding hydrogens is 248 g/mol. The van der Waals surface area contributed by atoms with E-state index in [9.17, 15) is 8.42 Å². The van der Waals surface area contributed by atoms with E-state index in [0.29, 0.717) is 12.2 Å². The summed E-state index contributed by atoms with van der Waals surface area (Å²) in [5, 5.41) is 0. The van der Waals surface area contributed by atoms with Crippen molar-refractivity contribution < 1.29 is 8.42 Å². The SMILES string of the molecule is Nc1cccc(S(=O)(=O)NCC2(C3CC3)CC2)c1. The number of rotatable bonds is 5. The maximum absolute atomic E-state index is 12.1. The van der Waals surface area contributed by atoms with Gasteiger partial charge in [0.05, 0.1) is 4.90 Å². The van der Waals surface area contributed by atoms with Crippen LogP contribution in [0.5, 0.6) is 0 Å². The van der Waals surface area contributed by atoms with Gasteiger partial charge in [0.25, 0.3) is 0 Å². The monoisotopic (exact) mass is 266 g/mol. The van der Waals surface area contributed by atoms with Crippen LogP contribution < -0.4 is 10.5 Å². The lowest BCUT2D eigenvalue weighted by Gasteiger charge is -2.15. The second-order valence-electron chi connectivity index (χ2n) is 5.53. The summed E-state index contributed by atoms with van der Waals surface area (Å²) in [6.07, 6.45) is 4.86. The van der Waals surface area contributed by atoms with E-state index in [1.54, 1.807) is 18.2 Å². The van der Waals surface area contributed by atoms with E-state index < -0.39 is 10.0 Å². The minimum absolute atomic E-state index is 0.258. The van der Waals surface area contributed by atoms with Gasteiger partial charge in [-0.1, -0.05) is 6.07 Å². The molecule has 0 aromatic heterocycles. The molecule has 0 unspecified atom stereocenters. The number of sulfonamides is 1. The number of hydrogen-bond acceptors (Lipinski definition) is 3. The van der Waals surface area contributed by atoms with E-state index in [1.165, 1.54) is 18.9 Å². The zero-order chi connectivity index (χ0) is 12.8. The quantitative estimate of drug-likeness (QED) is 0.797. The summed E-state index contributed by atoms with van der Waals surface area (Å²) in [4.78, 5) is 0.258. The van der Waals surface area contributed by atoms with Crippen LogP contribution >= 0.6 is 0 Å². The molecular formula is C13H18N2O2S. The van der Waals surface area contributed by atoms with Crippen LogP contribution in [0.3, 0.4) is 0 Å². The molecule has 2 aliphatic carbocycles. The molecule has 0 amide bonds. The maximum atomic E-state index is 12.1. The Kier molecular flexibility index (Phi) is 2.64. The summed E-state index contributed by atoms with van der Waals surface area (Å²) < 4.78 is 27.0. The Morgan fingerprint density at radius 2 is 2.06 bits per heavy atom. The fourth-order valence-corrected chi connectivity index (χ4v) is 3.78. The van der Waals surface area contributed by atoms with Gasteiger partial charge in [0.15, 0.2) is 0 Å². The zero-order valence-corrected chi connectivity index (χ0v) is 11.0. The van der Waals surface area contributed by atoms with Crippen LogP contribution in [0.1, 0.15) is 25.7 Å². The number of nitrogen functional groups attached to an aromatic ring is 1. The summed E-state index contributed by atoms with van der Waals surface area (Å²) in [6, 6.07) is 6.43. The lowest BCUT2D eigenvalue weighted by molar-refractivity contribution is 0.432. The third kappa shape index (κ3) is 2.24. The Morgan fingerprint density at radius 3 is 2.61 bits per heavy atom. The summed E-state index contributed by atoms with van der Waals surface area (Å²) in [6.45, 7) is 0.578. The molecule has 2 aliphatic rings. The highest BCUT2D eigenvalue weighted by Gasteiger charge is 2.53. The Hall–Kier alpha value is -1.07. The van der Waals surface area contributed by atoms with Gasteiger partial charge in [0, 0.05) is 12.2 Å². The highest BCUT2D eigenvalue weighted by atomic mass is 32.2. The fraction of sp³-hybridized carbons (Fsp3) is 0.538. The topological polar surface area (TPSA) is 72.2 Å². The standard InChI is InChI=1S/C13H18N2O2S/c14-11-2-1-3-12(8-11)18(16,17)15-9-13(6-7-13)10-4-5-10/h1-3,8,10,15H,4-7,9,14H2. The average Bonchev–Trinajstić information content (AvgIpc) is 3.18. The van der Waals surface area contributed by atoms with Crippen LogP contribution in [0.4, 0.5) is 5.69 Å². The average molecular weight is 266 g/mol. The van der Waals surface area contributed by atoms with Crippen LogP contribution in [0.2, 0.25) is 0 Å². The van der Waals surface area contributed by atoms with Gasteiger partial charge in [-0.3, -0.25) is 0 Å². The van der Waals surface area contributed by atoms with E-state index in [0.717, 1.165) is 18.8 Å². The van der Waals surface area contributed by atoms with Crippen LogP contribution in [0, 0.1) is 11.3 Å². The van der Waals surface area contributed by atoms with E-state index in [2.05, 4.69) is 4.72 Å². The first-order valence-electron chi connectivity index (χ1n) is 6.37. The number of nitrogens with two attached hydrogens (primary N) is 1. The molecule has 0 spiro atoms. The van der Waals surface area contributed by atoms with Gasteiger partial charge in [-0.15, -0.1) is 0 Å². The van der Waals surface area contributed by atoms with Crippen LogP contribution in [0.25, 0.3) is 0 Å². The summed E-state index contributed by atoms with van der Waals surface area (Å²) in [5.41, 5.74) is 6.36. The molecule has 0 saturated heterocycles. The van der Waals surface area contributed by atoms with Gasteiger partial charge >= 0.3 is 0 Å². The zero-order valence-electron chi connectivity index (χ0n) is 10.2. The number of anilines is 1. The molecule has 0 atom stereocenters. The predicted molar refractivity (Wildman–Crippen MR) is 70.4 cm³/mol. The van der Waals surface area contributed by atoms with Crippen molar-refractivity contribution in [2.24, 2.45) is 11.3 Å². The second kappa shape index (κ2) is 3.96. The Bertz CT molecular complexity index is 560. The van der Waals surface area contributed by atoms with E-state index in [1.807, 2.05) is 0 Å². The molecule has 98 valence electrons. The largest absolute Gasteiger partial charge is 0.399 e. The summed E-state index contributed by atoms with van der Waals surface area (Å²) in [7, 11) is -3.41. The Labute approximate surface area is 108 Å². The Morgan fingerprint density at radius 1 is 1.33 bits per heavy atom. The van der Waals surface area contributed by atoms with Crippen molar-refractivity contribution in [3.8, 4) is 0 Å². The van der Waals surface area contributed by atoms with Crippen molar-refractivity contribution >= 4 is 15.7 Å². The van der Waals surface area contributed by atoms with Gasteiger partial charge in [0.2, 0.25) is 10.0 Å². The molecule has 0 aliphatic heterocycles. The number of nitrogens with one attached hydrogen (secondary N) is 1. The highest BCUT2D eigenvalue weighted by molar-refractivity contribution is 7.89. The first-order valence-corrected chi connectivity index (χ1v) is 7.85. The molecule has 0 heterocycles. The summed E-state index contributed by atoms with van der Waals surface area (Å²) >= 11 is 0. The summed E-state index contributed by atoms with van der Waals surface area (Å²) in [5.74, 6) is 0.751. The first kappa shape index (κ1) is 12.0. The molecule has 2 fully saturated rings. The lowest BCUT2D eigenvalue weighted by Crippen LogP contribution is -2.31. The van der Waals surface area contributed by atoms with Crippen LogP contribution in [0.15, 0.2) is 29.2 Å². The molecule has 2 saturated carbocycles. The third-order valence-corrected chi connectivity index (χ3v) is 5.52.